The Labute approximate surface area is 263 Å². The van der Waals surface area contributed by atoms with Gasteiger partial charge in [0.25, 0.3) is 0 Å². The number of β-amino-alcohol motifs (C(OH)–C–C–N with tert-alkyl or cyclic N) is 1. The van der Waals surface area contributed by atoms with E-state index < -0.39 is 41.0 Å². The normalized spacial score (nSPS) is 19.5. The highest BCUT2D eigenvalue weighted by molar-refractivity contribution is 5.91. The molecule has 0 spiro atoms. The highest BCUT2D eigenvalue weighted by Crippen LogP contribution is 2.29. The summed E-state index contributed by atoms with van der Waals surface area (Å²) in [5.41, 5.74) is -0.131. The molecule has 0 radical (unpaired) electrons. The lowest BCUT2D eigenvalue weighted by molar-refractivity contribution is -0.151. The maximum Gasteiger partial charge on any atom is 0.328 e. The number of ether oxygens (including phenoxy) is 1. The Hall–Kier alpha value is -3.02. The van der Waals surface area contributed by atoms with E-state index >= 15 is 0 Å². The number of carbonyl (C=O) groups is 4. The molecule has 248 valence electrons. The van der Waals surface area contributed by atoms with Crippen molar-refractivity contribution in [3.8, 4) is 0 Å². The average Bonchev–Trinajstić information content (AvgIpc) is 3.35. The van der Waals surface area contributed by atoms with Gasteiger partial charge in [0.05, 0.1) is 25.8 Å². The van der Waals surface area contributed by atoms with Crippen molar-refractivity contribution in [1.82, 2.24) is 25.3 Å². The maximum atomic E-state index is 14.1. The fourth-order valence-electron chi connectivity index (χ4n) is 6.03. The monoisotopic (exact) mass is 617 g/mol. The molecule has 1 aromatic rings. The minimum atomic E-state index is -0.814. The van der Waals surface area contributed by atoms with Crippen LogP contribution < -0.4 is 10.6 Å². The van der Waals surface area contributed by atoms with E-state index in [0.29, 0.717) is 6.54 Å². The number of aliphatic hydroxyl groups is 1. The lowest BCUT2D eigenvalue weighted by Crippen LogP contribution is -2.62. The molecule has 1 aliphatic heterocycles. The number of esters is 1. The molecule has 1 aromatic carbocycles. The van der Waals surface area contributed by atoms with E-state index in [1.165, 1.54) is 12.0 Å². The zero-order valence-corrected chi connectivity index (χ0v) is 28.5. The van der Waals surface area contributed by atoms with Crippen LogP contribution in [0.2, 0.25) is 0 Å². The third-order valence-electron chi connectivity index (χ3n) is 8.78. The predicted molar refractivity (Wildman–Crippen MR) is 171 cm³/mol. The van der Waals surface area contributed by atoms with Crippen LogP contribution in [0.15, 0.2) is 30.3 Å². The van der Waals surface area contributed by atoms with Gasteiger partial charge < -0.3 is 30.3 Å². The first-order chi connectivity index (χ1) is 20.4. The second-order valence-corrected chi connectivity index (χ2v) is 14.0. The van der Waals surface area contributed by atoms with Crippen LogP contribution in [-0.4, -0.2) is 122 Å². The summed E-state index contributed by atoms with van der Waals surface area (Å²) in [6, 6.07) is 7.33. The van der Waals surface area contributed by atoms with Gasteiger partial charge in [-0.25, -0.2) is 4.79 Å². The van der Waals surface area contributed by atoms with Crippen LogP contribution in [0.5, 0.6) is 0 Å². The standard InChI is InChI=1S/C33H55N5O6/c1-21(2)25(19-36(9)20-26(40)38-18-23(39)17-24(38)31(43)44-11)37(10)30(42)28(32(3,4)5)35-29(41)27(34-8)33(6,7)22-15-13-12-14-16-22/h12-16,21,23-25,27-28,34,39H,17-20H2,1-11H3,(H,35,41)/t23-,24+,25-,27-,28-/m1/s1. The van der Waals surface area contributed by atoms with Crippen LogP contribution in [0, 0.1) is 11.3 Å². The lowest BCUT2D eigenvalue weighted by Gasteiger charge is -2.41. The van der Waals surface area contributed by atoms with Gasteiger partial charge in [0, 0.05) is 38.0 Å². The second kappa shape index (κ2) is 15.3. The Balaban J connectivity index is 2.21. The SMILES string of the molecule is CN[C@H](C(=O)N[C@H](C(=O)N(C)[C@H](CN(C)CC(=O)N1C[C@H](O)C[C@H]1C(=O)OC)C(C)C)C(C)(C)C)C(C)(C)c1ccccc1. The molecular formula is C33H55N5O6. The van der Waals surface area contributed by atoms with Crippen molar-refractivity contribution >= 4 is 23.7 Å². The van der Waals surface area contributed by atoms with Crippen LogP contribution in [0.3, 0.4) is 0 Å². The Kier molecular flexibility index (Phi) is 12.9. The summed E-state index contributed by atoms with van der Waals surface area (Å²) in [4.78, 5) is 58.1. The third kappa shape index (κ3) is 9.01. The van der Waals surface area contributed by atoms with E-state index in [9.17, 15) is 24.3 Å². The van der Waals surface area contributed by atoms with Crippen LogP contribution in [0.25, 0.3) is 0 Å². The van der Waals surface area contributed by atoms with Gasteiger partial charge in [0.2, 0.25) is 17.7 Å². The van der Waals surface area contributed by atoms with Gasteiger partial charge in [-0.2, -0.15) is 0 Å². The first-order valence-corrected chi connectivity index (χ1v) is 15.4. The molecule has 0 bridgehead atoms. The quantitative estimate of drug-likeness (QED) is 0.285. The van der Waals surface area contributed by atoms with Gasteiger partial charge in [-0.05, 0) is 31.0 Å². The average molecular weight is 618 g/mol. The number of aliphatic hydroxyl groups excluding tert-OH is 1. The molecule has 2 rings (SSSR count). The van der Waals surface area contributed by atoms with E-state index in [1.807, 2.05) is 83.7 Å². The van der Waals surface area contributed by atoms with Crippen molar-refractivity contribution in [1.29, 1.82) is 0 Å². The first kappa shape index (κ1) is 37.2. The molecule has 0 aromatic heterocycles. The molecular weight excluding hydrogens is 562 g/mol. The predicted octanol–water partition coefficient (Wildman–Crippen LogP) is 1.63. The Morgan fingerprint density at radius 2 is 1.64 bits per heavy atom. The summed E-state index contributed by atoms with van der Waals surface area (Å²) in [7, 11) is 6.54. The van der Waals surface area contributed by atoms with Gasteiger partial charge in [-0.1, -0.05) is 78.8 Å². The fourth-order valence-corrected chi connectivity index (χ4v) is 6.03. The van der Waals surface area contributed by atoms with Crippen molar-refractivity contribution < 1.29 is 29.0 Å². The summed E-state index contributed by atoms with van der Waals surface area (Å²) in [6.07, 6.45) is -0.643. The molecule has 1 aliphatic rings. The zero-order valence-electron chi connectivity index (χ0n) is 28.5. The largest absolute Gasteiger partial charge is 0.467 e. The minimum Gasteiger partial charge on any atom is -0.467 e. The maximum absolute atomic E-state index is 14.1. The molecule has 0 saturated carbocycles. The van der Waals surface area contributed by atoms with Crippen molar-refractivity contribution in [2.75, 3.05) is 47.9 Å². The highest BCUT2D eigenvalue weighted by Gasteiger charge is 2.43. The number of hydrogen-bond donors (Lipinski definition) is 3. The fraction of sp³-hybridized carbons (Fsp3) is 0.697. The molecule has 1 heterocycles. The molecule has 44 heavy (non-hydrogen) atoms. The topological polar surface area (TPSA) is 132 Å². The highest BCUT2D eigenvalue weighted by atomic mass is 16.5. The van der Waals surface area contributed by atoms with Gasteiger partial charge in [-0.15, -0.1) is 0 Å². The second-order valence-electron chi connectivity index (χ2n) is 14.0. The number of amides is 3. The van der Waals surface area contributed by atoms with Gasteiger partial charge in [0.15, 0.2) is 0 Å². The van der Waals surface area contributed by atoms with Crippen LogP contribution in [-0.2, 0) is 29.3 Å². The van der Waals surface area contributed by atoms with Crippen molar-refractivity contribution in [2.24, 2.45) is 11.3 Å². The van der Waals surface area contributed by atoms with Crippen LogP contribution in [0.1, 0.15) is 60.5 Å². The Morgan fingerprint density at radius 1 is 1.05 bits per heavy atom. The minimum absolute atomic E-state index is 0.00329. The molecule has 1 fully saturated rings. The van der Waals surface area contributed by atoms with E-state index in [1.54, 1.807) is 26.0 Å². The molecule has 11 nitrogen and oxygen atoms in total. The number of methoxy groups -OCH3 is 1. The summed E-state index contributed by atoms with van der Waals surface area (Å²) in [5, 5.41) is 16.3. The van der Waals surface area contributed by atoms with E-state index in [2.05, 4.69) is 10.6 Å². The Bertz CT molecular complexity index is 1140. The molecule has 3 N–H and O–H groups in total. The number of rotatable bonds is 13. The molecule has 0 aliphatic carbocycles. The molecule has 0 unspecified atom stereocenters. The summed E-state index contributed by atoms with van der Waals surface area (Å²) < 4.78 is 4.83. The van der Waals surface area contributed by atoms with Crippen molar-refractivity contribution in [3.63, 3.8) is 0 Å². The number of carbonyl (C=O) groups excluding carboxylic acids is 4. The van der Waals surface area contributed by atoms with Gasteiger partial charge in [-0.3, -0.25) is 19.3 Å². The smallest absolute Gasteiger partial charge is 0.328 e. The number of nitrogens with one attached hydrogen (secondary N) is 2. The zero-order chi connectivity index (χ0) is 33.6. The molecule has 1 saturated heterocycles. The van der Waals surface area contributed by atoms with E-state index in [-0.39, 0.29) is 49.2 Å². The number of likely N-dealkylation sites (N-methyl/N-ethyl adjacent to an activating group) is 3. The van der Waals surface area contributed by atoms with Crippen molar-refractivity contribution in [3.05, 3.63) is 35.9 Å². The Morgan fingerprint density at radius 3 is 2.14 bits per heavy atom. The summed E-state index contributed by atoms with van der Waals surface area (Å²) in [6.45, 7) is 14.3. The number of likely N-dealkylation sites (tertiary alicyclic amines) is 1. The first-order valence-electron chi connectivity index (χ1n) is 15.4. The molecule has 11 heteroatoms. The van der Waals surface area contributed by atoms with E-state index in [0.717, 1.165) is 5.56 Å². The summed E-state index contributed by atoms with van der Waals surface area (Å²) in [5.74, 6) is -1.29. The van der Waals surface area contributed by atoms with Crippen LogP contribution >= 0.6 is 0 Å². The van der Waals surface area contributed by atoms with Crippen molar-refractivity contribution in [2.45, 2.75) is 90.6 Å². The van der Waals surface area contributed by atoms with Crippen LogP contribution in [0.4, 0.5) is 0 Å². The summed E-state index contributed by atoms with van der Waals surface area (Å²) >= 11 is 0. The van der Waals surface area contributed by atoms with Gasteiger partial charge in [0.1, 0.15) is 12.1 Å². The molecule has 5 atom stereocenters. The van der Waals surface area contributed by atoms with E-state index in [4.69, 9.17) is 4.74 Å². The third-order valence-corrected chi connectivity index (χ3v) is 8.78. The number of hydrogen-bond acceptors (Lipinski definition) is 8. The molecule has 3 amide bonds. The number of benzene rings is 1. The van der Waals surface area contributed by atoms with Gasteiger partial charge >= 0.3 is 5.97 Å². The lowest BCUT2D eigenvalue weighted by atomic mass is 9.76. The number of nitrogens with zero attached hydrogens (tertiary/aromatic N) is 3.